The van der Waals surface area contributed by atoms with Crippen molar-refractivity contribution in [3.05, 3.63) is 40.1 Å². The van der Waals surface area contributed by atoms with Crippen molar-refractivity contribution in [3.8, 4) is 0 Å². The van der Waals surface area contributed by atoms with E-state index >= 15 is 0 Å². The van der Waals surface area contributed by atoms with Gasteiger partial charge in [-0.2, -0.15) is 0 Å². The molecule has 1 aromatic heterocycles. The molecule has 1 aromatic carbocycles. The first kappa shape index (κ1) is 16.4. The Balaban J connectivity index is 2.42. The van der Waals surface area contributed by atoms with E-state index in [1.807, 2.05) is 19.2 Å². The van der Waals surface area contributed by atoms with Gasteiger partial charge in [-0.1, -0.05) is 55.7 Å². The van der Waals surface area contributed by atoms with Gasteiger partial charge in [0, 0.05) is 28.4 Å². The molecule has 2 rings (SSSR count). The molecule has 0 bridgehead atoms. The molecule has 0 aliphatic rings. The Bertz CT molecular complexity index is 654. The van der Waals surface area contributed by atoms with Gasteiger partial charge in [0.05, 0.1) is 5.02 Å². The maximum absolute atomic E-state index is 6.21. The molecule has 0 aliphatic heterocycles. The number of halogens is 2. The summed E-state index contributed by atoms with van der Waals surface area (Å²) in [6, 6.07) is 7.30. The largest absolute Gasteiger partial charge is 0.373 e. The third-order valence-corrected chi connectivity index (χ3v) is 4.39. The molecule has 112 valence electrons. The number of benzene rings is 1. The minimum absolute atomic E-state index is 0.125. The molecule has 3 nitrogen and oxygen atoms in total. The Hall–Kier alpha value is -0.970. The molecular formula is C15H17Cl2N3S. The van der Waals surface area contributed by atoms with Crippen molar-refractivity contribution in [3.63, 3.8) is 0 Å². The van der Waals surface area contributed by atoms with Crippen LogP contribution in [0.4, 0.5) is 5.82 Å². The van der Waals surface area contributed by atoms with Gasteiger partial charge >= 0.3 is 0 Å². The number of aromatic nitrogens is 2. The van der Waals surface area contributed by atoms with Gasteiger partial charge < -0.3 is 5.32 Å². The minimum Gasteiger partial charge on any atom is -0.373 e. The van der Waals surface area contributed by atoms with E-state index in [4.69, 9.17) is 23.2 Å². The van der Waals surface area contributed by atoms with E-state index in [2.05, 4.69) is 36.1 Å². The quantitative estimate of drug-likeness (QED) is 0.771. The normalized spacial score (nSPS) is 11.5. The highest BCUT2D eigenvalue weighted by Crippen LogP contribution is 2.35. The van der Waals surface area contributed by atoms with Crippen LogP contribution in [0.25, 0.3) is 0 Å². The molecule has 2 aromatic rings. The lowest BCUT2D eigenvalue weighted by molar-refractivity contribution is 0.539. The lowest BCUT2D eigenvalue weighted by atomic mass is 9.96. The number of nitrogens with zero attached hydrogens (tertiary/aromatic N) is 2. The Morgan fingerprint density at radius 2 is 1.81 bits per heavy atom. The standard InChI is InChI=1S/C15H17Cl2N3S/c1-15(2,3)14-19-12(18-4)8-13(20-14)21-11-7-9(16)5-6-10(11)17/h5-8H,1-4H3,(H,18,19,20). The number of hydrogen-bond donors (Lipinski definition) is 1. The van der Waals surface area contributed by atoms with Crippen LogP contribution < -0.4 is 5.32 Å². The summed E-state index contributed by atoms with van der Waals surface area (Å²) in [6.45, 7) is 6.26. The van der Waals surface area contributed by atoms with Crippen LogP contribution in [0.2, 0.25) is 10.0 Å². The van der Waals surface area contributed by atoms with Gasteiger partial charge in [0.2, 0.25) is 0 Å². The van der Waals surface area contributed by atoms with E-state index < -0.39 is 0 Å². The summed E-state index contributed by atoms with van der Waals surface area (Å²) < 4.78 is 0. The molecule has 1 heterocycles. The number of rotatable bonds is 3. The molecule has 0 unspecified atom stereocenters. The van der Waals surface area contributed by atoms with Crippen LogP contribution in [0.15, 0.2) is 34.2 Å². The lowest BCUT2D eigenvalue weighted by Crippen LogP contribution is -2.17. The molecule has 0 radical (unpaired) electrons. The molecule has 0 atom stereocenters. The maximum Gasteiger partial charge on any atom is 0.137 e. The van der Waals surface area contributed by atoms with Crippen molar-refractivity contribution in [2.75, 3.05) is 12.4 Å². The van der Waals surface area contributed by atoms with Crippen molar-refractivity contribution in [2.24, 2.45) is 0 Å². The Kier molecular flexibility index (Phi) is 5.02. The minimum atomic E-state index is -0.125. The zero-order valence-corrected chi connectivity index (χ0v) is 14.7. The Labute approximate surface area is 139 Å². The fraction of sp³-hybridized carbons (Fsp3) is 0.333. The van der Waals surface area contributed by atoms with Gasteiger partial charge in [-0.25, -0.2) is 9.97 Å². The van der Waals surface area contributed by atoms with Crippen LogP contribution in [0.3, 0.4) is 0 Å². The van der Waals surface area contributed by atoms with E-state index in [-0.39, 0.29) is 5.41 Å². The van der Waals surface area contributed by atoms with Crippen LogP contribution in [0.1, 0.15) is 26.6 Å². The average molecular weight is 342 g/mol. The number of nitrogens with one attached hydrogen (secondary N) is 1. The first-order valence-electron chi connectivity index (χ1n) is 6.50. The molecule has 0 fully saturated rings. The third kappa shape index (κ3) is 4.25. The molecule has 1 N–H and O–H groups in total. The van der Waals surface area contributed by atoms with Crippen LogP contribution in [0.5, 0.6) is 0 Å². The summed E-state index contributed by atoms with van der Waals surface area (Å²) in [7, 11) is 1.84. The predicted molar refractivity (Wildman–Crippen MR) is 90.9 cm³/mol. The number of anilines is 1. The van der Waals surface area contributed by atoms with Crippen molar-refractivity contribution in [2.45, 2.75) is 36.1 Å². The van der Waals surface area contributed by atoms with Crippen LogP contribution >= 0.6 is 35.0 Å². The topological polar surface area (TPSA) is 37.8 Å². The lowest BCUT2D eigenvalue weighted by Gasteiger charge is -2.18. The smallest absolute Gasteiger partial charge is 0.137 e. The molecule has 0 spiro atoms. The fourth-order valence-corrected chi connectivity index (χ4v) is 2.96. The van der Waals surface area contributed by atoms with Crippen LogP contribution in [-0.4, -0.2) is 17.0 Å². The zero-order valence-electron chi connectivity index (χ0n) is 12.4. The monoisotopic (exact) mass is 341 g/mol. The first-order chi connectivity index (χ1) is 9.79. The molecular weight excluding hydrogens is 325 g/mol. The molecule has 0 saturated carbocycles. The van der Waals surface area contributed by atoms with E-state index in [9.17, 15) is 0 Å². The molecule has 0 amide bonds. The fourth-order valence-electron chi connectivity index (χ4n) is 1.61. The SMILES string of the molecule is CNc1cc(Sc2cc(Cl)ccc2Cl)nc(C(C)(C)C)n1. The van der Waals surface area contributed by atoms with E-state index in [0.29, 0.717) is 10.0 Å². The van der Waals surface area contributed by atoms with Crippen molar-refractivity contribution >= 4 is 40.8 Å². The highest BCUT2D eigenvalue weighted by molar-refractivity contribution is 7.99. The molecule has 0 aliphatic carbocycles. The van der Waals surface area contributed by atoms with Gasteiger partial charge in [0.25, 0.3) is 0 Å². The maximum atomic E-state index is 6.21. The van der Waals surface area contributed by atoms with Gasteiger partial charge in [-0.3, -0.25) is 0 Å². The van der Waals surface area contributed by atoms with Gasteiger partial charge in [0.1, 0.15) is 16.7 Å². The summed E-state index contributed by atoms with van der Waals surface area (Å²) in [5, 5.41) is 5.22. The molecule has 6 heteroatoms. The zero-order chi connectivity index (χ0) is 15.6. The van der Waals surface area contributed by atoms with E-state index in [0.717, 1.165) is 21.6 Å². The molecule has 0 saturated heterocycles. The second-order valence-electron chi connectivity index (χ2n) is 5.59. The first-order valence-corrected chi connectivity index (χ1v) is 8.07. The summed E-state index contributed by atoms with van der Waals surface area (Å²) in [6.07, 6.45) is 0. The third-order valence-electron chi connectivity index (χ3n) is 2.74. The Morgan fingerprint density at radius 3 is 2.43 bits per heavy atom. The van der Waals surface area contributed by atoms with Crippen molar-refractivity contribution in [1.82, 2.24) is 9.97 Å². The number of hydrogen-bond acceptors (Lipinski definition) is 4. The highest BCUT2D eigenvalue weighted by Gasteiger charge is 2.19. The van der Waals surface area contributed by atoms with Gasteiger partial charge in [0.15, 0.2) is 0 Å². The predicted octanol–water partition coefficient (Wildman–Crippen LogP) is 5.27. The van der Waals surface area contributed by atoms with Crippen LogP contribution in [0, 0.1) is 0 Å². The van der Waals surface area contributed by atoms with E-state index in [1.165, 1.54) is 11.8 Å². The summed E-state index contributed by atoms with van der Waals surface area (Å²) >= 11 is 13.7. The van der Waals surface area contributed by atoms with Crippen LogP contribution in [-0.2, 0) is 5.41 Å². The van der Waals surface area contributed by atoms with Crippen molar-refractivity contribution < 1.29 is 0 Å². The van der Waals surface area contributed by atoms with Crippen molar-refractivity contribution in [1.29, 1.82) is 0 Å². The Morgan fingerprint density at radius 1 is 1.10 bits per heavy atom. The average Bonchev–Trinajstić information content (AvgIpc) is 2.41. The highest BCUT2D eigenvalue weighted by atomic mass is 35.5. The second-order valence-corrected chi connectivity index (χ2v) is 7.50. The van der Waals surface area contributed by atoms with Gasteiger partial charge in [-0.05, 0) is 18.2 Å². The second kappa shape index (κ2) is 6.42. The summed E-state index contributed by atoms with van der Waals surface area (Å²) in [4.78, 5) is 10.0. The van der Waals surface area contributed by atoms with Gasteiger partial charge in [-0.15, -0.1) is 0 Å². The summed E-state index contributed by atoms with van der Waals surface area (Å²) in [5.41, 5.74) is -0.125. The van der Waals surface area contributed by atoms with E-state index in [1.54, 1.807) is 12.1 Å². The molecule has 21 heavy (non-hydrogen) atoms. The summed E-state index contributed by atoms with van der Waals surface area (Å²) in [5.74, 6) is 1.57.